The van der Waals surface area contributed by atoms with Gasteiger partial charge in [0, 0.05) is 41.0 Å². The van der Waals surface area contributed by atoms with E-state index < -0.39 is 0 Å². The maximum absolute atomic E-state index is 12.8. The lowest BCUT2D eigenvalue weighted by atomic mass is 10.2. The van der Waals surface area contributed by atoms with Crippen molar-refractivity contribution in [3.8, 4) is 11.4 Å². The Hall–Kier alpha value is -2.37. The summed E-state index contributed by atoms with van der Waals surface area (Å²) >= 11 is 11.8. The summed E-state index contributed by atoms with van der Waals surface area (Å²) in [5.74, 6) is 1.06. The minimum atomic E-state index is 0.101. The van der Waals surface area contributed by atoms with Crippen molar-refractivity contribution in [2.24, 2.45) is 0 Å². The van der Waals surface area contributed by atoms with Crippen LogP contribution in [0.1, 0.15) is 30.7 Å². The molecule has 1 heterocycles. The summed E-state index contributed by atoms with van der Waals surface area (Å²) in [6.45, 7) is 0.598. The van der Waals surface area contributed by atoms with Crippen LogP contribution in [0.25, 0.3) is 11.4 Å². The number of hydrogen-bond acceptors (Lipinski definition) is 4. The smallest absolute Gasteiger partial charge is 0.227 e. The Labute approximate surface area is 173 Å². The molecular weight excluding hydrogens is 397 g/mol. The molecule has 4 rings (SSSR count). The van der Waals surface area contributed by atoms with Crippen molar-refractivity contribution in [1.29, 1.82) is 0 Å². The summed E-state index contributed by atoms with van der Waals surface area (Å²) < 4.78 is 5.31. The minimum absolute atomic E-state index is 0.101. The van der Waals surface area contributed by atoms with Gasteiger partial charge in [0.25, 0.3) is 0 Å². The molecule has 1 aromatic heterocycles. The van der Waals surface area contributed by atoms with Gasteiger partial charge in [0.2, 0.25) is 17.6 Å². The molecule has 0 atom stereocenters. The number of nitrogens with zero attached hydrogens (tertiary/aromatic N) is 3. The van der Waals surface area contributed by atoms with E-state index in [4.69, 9.17) is 27.7 Å². The zero-order valence-electron chi connectivity index (χ0n) is 15.1. The van der Waals surface area contributed by atoms with Gasteiger partial charge in [-0.25, -0.2) is 0 Å². The highest BCUT2D eigenvalue weighted by Crippen LogP contribution is 2.29. The number of carbonyl (C=O) groups is 1. The Morgan fingerprint density at radius 1 is 1.04 bits per heavy atom. The standard InChI is InChI=1S/C21H19Cl2N3O2/c22-16-5-1-14(2-6-16)13-26(18-9-10-18)20(27)12-11-19-24-21(25-28-19)15-3-7-17(23)8-4-15/h1-8,18H,9-13H2. The summed E-state index contributed by atoms with van der Waals surface area (Å²) in [4.78, 5) is 19.1. The molecular formula is C21H19Cl2N3O2. The van der Waals surface area contributed by atoms with Crippen LogP contribution < -0.4 is 0 Å². The predicted octanol–water partition coefficient (Wildman–Crippen LogP) is 5.17. The lowest BCUT2D eigenvalue weighted by Gasteiger charge is -2.22. The largest absolute Gasteiger partial charge is 0.339 e. The maximum atomic E-state index is 12.8. The Morgan fingerprint density at radius 2 is 1.68 bits per heavy atom. The molecule has 0 unspecified atom stereocenters. The van der Waals surface area contributed by atoms with Gasteiger partial charge < -0.3 is 9.42 Å². The van der Waals surface area contributed by atoms with E-state index in [2.05, 4.69) is 10.1 Å². The number of amides is 1. The average molecular weight is 416 g/mol. The zero-order valence-corrected chi connectivity index (χ0v) is 16.7. The number of aryl methyl sites for hydroxylation is 1. The molecule has 3 aromatic rings. The molecule has 28 heavy (non-hydrogen) atoms. The van der Waals surface area contributed by atoms with Crippen LogP contribution in [0, 0.1) is 0 Å². The molecule has 2 aromatic carbocycles. The molecule has 1 aliphatic rings. The van der Waals surface area contributed by atoms with Gasteiger partial charge in [-0.15, -0.1) is 0 Å². The number of aromatic nitrogens is 2. The van der Waals surface area contributed by atoms with Gasteiger partial charge in [-0.3, -0.25) is 4.79 Å². The third-order valence-electron chi connectivity index (χ3n) is 4.70. The van der Waals surface area contributed by atoms with Crippen LogP contribution >= 0.6 is 23.2 Å². The first-order valence-corrected chi connectivity index (χ1v) is 9.96. The molecule has 1 amide bonds. The van der Waals surface area contributed by atoms with Gasteiger partial charge in [0.05, 0.1) is 0 Å². The number of benzene rings is 2. The Bertz CT molecular complexity index is 951. The van der Waals surface area contributed by atoms with Crippen LogP contribution in [0.2, 0.25) is 10.0 Å². The third-order valence-corrected chi connectivity index (χ3v) is 5.20. The Balaban J connectivity index is 1.37. The second-order valence-electron chi connectivity index (χ2n) is 6.90. The van der Waals surface area contributed by atoms with Crippen LogP contribution in [-0.2, 0) is 17.8 Å². The molecule has 0 N–H and O–H groups in total. The Morgan fingerprint density at radius 3 is 2.32 bits per heavy atom. The Kier molecular flexibility index (Phi) is 5.64. The summed E-state index contributed by atoms with van der Waals surface area (Å²) in [7, 11) is 0. The van der Waals surface area contributed by atoms with Crippen LogP contribution in [0.15, 0.2) is 53.1 Å². The van der Waals surface area contributed by atoms with Gasteiger partial charge in [-0.05, 0) is 54.8 Å². The van der Waals surface area contributed by atoms with E-state index in [9.17, 15) is 4.79 Å². The molecule has 0 bridgehead atoms. The lowest BCUT2D eigenvalue weighted by Crippen LogP contribution is -2.32. The van der Waals surface area contributed by atoms with Crippen molar-refractivity contribution in [2.45, 2.75) is 38.3 Å². The molecule has 0 radical (unpaired) electrons. The highest BCUT2D eigenvalue weighted by atomic mass is 35.5. The first-order chi connectivity index (χ1) is 13.6. The van der Waals surface area contributed by atoms with E-state index in [-0.39, 0.29) is 5.91 Å². The number of halogens is 2. The van der Waals surface area contributed by atoms with Crippen LogP contribution in [-0.4, -0.2) is 27.0 Å². The number of hydrogen-bond donors (Lipinski definition) is 0. The molecule has 0 saturated heterocycles. The number of carbonyl (C=O) groups excluding carboxylic acids is 1. The fraction of sp³-hybridized carbons (Fsp3) is 0.286. The van der Waals surface area contributed by atoms with Crippen LogP contribution in [0.5, 0.6) is 0 Å². The van der Waals surface area contributed by atoms with Crippen LogP contribution in [0.4, 0.5) is 0 Å². The fourth-order valence-corrected chi connectivity index (χ4v) is 3.28. The van der Waals surface area contributed by atoms with Crippen molar-refractivity contribution >= 4 is 29.1 Å². The van der Waals surface area contributed by atoms with Crippen molar-refractivity contribution in [1.82, 2.24) is 15.0 Å². The normalized spacial score (nSPS) is 13.5. The van der Waals surface area contributed by atoms with E-state index in [0.29, 0.717) is 47.2 Å². The summed E-state index contributed by atoms with van der Waals surface area (Å²) in [5, 5.41) is 5.34. The average Bonchev–Trinajstić information content (AvgIpc) is 3.43. The first-order valence-electron chi connectivity index (χ1n) is 9.21. The third kappa shape index (κ3) is 4.72. The van der Waals surface area contributed by atoms with Crippen molar-refractivity contribution in [3.05, 3.63) is 70.0 Å². The highest BCUT2D eigenvalue weighted by Gasteiger charge is 2.32. The molecule has 7 heteroatoms. The quantitative estimate of drug-likeness (QED) is 0.534. The second-order valence-corrected chi connectivity index (χ2v) is 7.77. The van der Waals surface area contributed by atoms with Crippen LogP contribution in [0.3, 0.4) is 0 Å². The van der Waals surface area contributed by atoms with Crippen molar-refractivity contribution < 1.29 is 9.32 Å². The molecule has 0 aliphatic heterocycles. The molecule has 0 spiro atoms. The maximum Gasteiger partial charge on any atom is 0.227 e. The SMILES string of the molecule is O=C(CCc1nc(-c2ccc(Cl)cc2)no1)N(Cc1ccc(Cl)cc1)C1CC1. The van der Waals surface area contributed by atoms with E-state index in [0.717, 1.165) is 24.0 Å². The van der Waals surface area contributed by atoms with E-state index in [1.165, 1.54) is 0 Å². The number of rotatable bonds is 7. The lowest BCUT2D eigenvalue weighted by molar-refractivity contribution is -0.132. The van der Waals surface area contributed by atoms with Gasteiger partial charge in [0.15, 0.2) is 0 Å². The predicted molar refractivity (Wildman–Crippen MR) is 108 cm³/mol. The first kappa shape index (κ1) is 19.0. The molecule has 144 valence electrons. The van der Waals surface area contributed by atoms with Gasteiger partial charge in [0.1, 0.15) is 0 Å². The van der Waals surface area contributed by atoms with Gasteiger partial charge in [-0.2, -0.15) is 4.98 Å². The topological polar surface area (TPSA) is 59.2 Å². The molecule has 1 saturated carbocycles. The monoisotopic (exact) mass is 415 g/mol. The second kappa shape index (κ2) is 8.33. The minimum Gasteiger partial charge on any atom is -0.339 e. The van der Waals surface area contributed by atoms with Gasteiger partial charge in [-0.1, -0.05) is 40.5 Å². The fourth-order valence-electron chi connectivity index (χ4n) is 3.02. The molecule has 1 aliphatic carbocycles. The highest BCUT2D eigenvalue weighted by molar-refractivity contribution is 6.30. The summed E-state index contributed by atoms with van der Waals surface area (Å²) in [5.41, 5.74) is 1.90. The molecule has 5 nitrogen and oxygen atoms in total. The van der Waals surface area contributed by atoms with Gasteiger partial charge >= 0.3 is 0 Å². The van der Waals surface area contributed by atoms with Crippen molar-refractivity contribution in [2.75, 3.05) is 0 Å². The summed E-state index contributed by atoms with van der Waals surface area (Å²) in [6.07, 6.45) is 2.87. The molecule has 1 fully saturated rings. The van der Waals surface area contributed by atoms with E-state index in [1.54, 1.807) is 12.1 Å². The van der Waals surface area contributed by atoms with E-state index in [1.807, 2.05) is 41.3 Å². The van der Waals surface area contributed by atoms with E-state index >= 15 is 0 Å². The summed E-state index contributed by atoms with van der Waals surface area (Å²) in [6, 6.07) is 15.2. The van der Waals surface area contributed by atoms with Crippen molar-refractivity contribution in [3.63, 3.8) is 0 Å². The zero-order chi connectivity index (χ0) is 19.5.